The standard InChI is InChI=1S/C42H32N6/c1-4-14-33-28(11-1)21-24-31-27-32(25-26-34(31)41(33)47-43-37-17-7-8-18-38(37)44-47)42(48-45-39-19-9-10-20-40(39)46-48)35-15-5-2-12-29(35)22-23-30-13-3-6-16-36(30)42/h1-20,25-27,41H,21-24H2. The van der Waals surface area contributed by atoms with Gasteiger partial charge in [0.1, 0.15) is 28.1 Å². The van der Waals surface area contributed by atoms with E-state index in [4.69, 9.17) is 20.4 Å². The molecule has 2 heterocycles. The molecular weight excluding hydrogens is 589 g/mol. The lowest BCUT2D eigenvalue weighted by atomic mass is 9.74. The molecule has 0 spiro atoms. The molecule has 2 aliphatic rings. The Balaban J connectivity index is 1.27. The number of rotatable bonds is 3. The Bertz CT molecular complexity index is 2390. The van der Waals surface area contributed by atoms with Crippen molar-refractivity contribution in [3.05, 3.63) is 190 Å². The van der Waals surface area contributed by atoms with Crippen molar-refractivity contribution in [3.63, 3.8) is 0 Å². The van der Waals surface area contributed by atoms with Gasteiger partial charge in [0.15, 0.2) is 5.54 Å². The van der Waals surface area contributed by atoms with Crippen molar-refractivity contribution >= 4 is 22.1 Å². The van der Waals surface area contributed by atoms with Crippen molar-refractivity contribution in [1.29, 1.82) is 0 Å². The second kappa shape index (κ2) is 10.6. The van der Waals surface area contributed by atoms with Crippen molar-refractivity contribution in [3.8, 4) is 0 Å². The van der Waals surface area contributed by atoms with Crippen LogP contribution in [0.2, 0.25) is 0 Å². The van der Waals surface area contributed by atoms with Gasteiger partial charge in [0.2, 0.25) is 0 Å². The van der Waals surface area contributed by atoms with E-state index in [-0.39, 0.29) is 6.04 Å². The Kier molecular flexibility index (Phi) is 6.00. The lowest BCUT2D eigenvalue weighted by Crippen LogP contribution is -2.40. The number of aromatic nitrogens is 6. The summed E-state index contributed by atoms with van der Waals surface area (Å²) in [5, 5.41) is 20.6. The number of hydrogen-bond acceptors (Lipinski definition) is 4. The molecule has 6 nitrogen and oxygen atoms in total. The summed E-state index contributed by atoms with van der Waals surface area (Å²) in [6.45, 7) is 0. The SMILES string of the molecule is c1ccc2c(c1)CCc1cc(C3(n4nc5ccccc5n4)c4ccccc4CCc4ccccc43)ccc1C2n1nc2ccccc2n1. The molecule has 1 unspecified atom stereocenters. The van der Waals surface area contributed by atoms with Gasteiger partial charge in [0.05, 0.1) is 0 Å². The summed E-state index contributed by atoms with van der Waals surface area (Å²) in [5.41, 5.74) is 14.2. The third kappa shape index (κ3) is 3.99. The average molecular weight is 621 g/mol. The Labute approximate surface area is 278 Å². The number of benzene rings is 6. The van der Waals surface area contributed by atoms with Gasteiger partial charge in [-0.25, -0.2) is 0 Å². The quantitative estimate of drug-likeness (QED) is 0.202. The maximum Gasteiger partial charge on any atom is 0.158 e. The number of aryl methyl sites for hydroxylation is 4. The predicted molar refractivity (Wildman–Crippen MR) is 188 cm³/mol. The van der Waals surface area contributed by atoms with E-state index < -0.39 is 5.54 Å². The monoisotopic (exact) mass is 620 g/mol. The fourth-order valence-electron chi connectivity index (χ4n) is 8.27. The van der Waals surface area contributed by atoms with Gasteiger partial charge >= 0.3 is 0 Å². The van der Waals surface area contributed by atoms with Crippen molar-refractivity contribution in [2.45, 2.75) is 37.3 Å². The van der Waals surface area contributed by atoms with Crippen LogP contribution in [-0.4, -0.2) is 30.0 Å². The zero-order chi connectivity index (χ0) is 31.7. The Hall–Kier alpha value is -5.88. The Morgan fingerprint density at radius 3 is 1.52 bits per heavy atom. The molecule has 0 saturated heterocycles. The fraction of sp³-hybridized carbons (Fsp3) is 0.143. The highest BCUT2D eigenvalue weighted by Crippen LogP contribution is 2.47. The van der Waals surface area contributed by atoms with Gasteiger partial charge in [-0.05, 0) is 100 Å². The number of fused-ring (bicyclic) bond motifs is 6. The molecule has 1 atom stereocenters. The smallest absolute Gasteiger partial charge is 0.158 e. The van der Waals surface area contributed by atoms with Gasteiger partial charge in [-0.3, -0.25) is 0 Å². The summed E-state index contributed by atoms with van der Waals surface area (Å²) in [6.07, 6.45) is 3.76. The van der Waals surface area contributed by atoms with Crippen LogP contribution in [0.25, 0.3) is 22.1 Å². The minimum Gasteiger partial charge on any atom is -0.171 e. The second-order valence-electron chi connectivity index (χ2n) is 13.0. The van der Waals surface area contributed by atoms with E-state index in [0.717, 1.165) is 53.3 Å². The Morgan fingerprint density at radius 2 is 0.896 bits per heavy atom. The van der Waals surface area contributed by atoms with Crippen LogP contribution < -0.4 is 0 Å². The highest BCUT2D eigenvalue weighted by molar-refractivity contribution is 5.74. The minimum absolute atomic E-state index is 0.143. The van der Waals surface area contributed by atoms with Gasteiger partial charge in [-0.15, -0.1) is 0 Å². The van der Waals surface area contributed by atoms with Crippen molar-refractivity contribution in [2.24, 2.45) is 0 Å². The van der Waals surface area contributed by atoms with E-state index in [1.807, 2.05) is 46.0 Å². The van der Waals surface area contributed by atoms with Gasteiger partial charge in [-0.2, -0.15) is 30.0 Å². The second-order valence-corrected chi connectivity index (χ2v) is 13.0. The topological polar surface area (TPSA) is 61.4 Å². The molecule has 8 aromatic rings. The van der Waals surface area contributed by atoms with E-state index in [1.54, 1.807) is 0 Å². The first-order valence-corrected chi connectivity index (χ1v) is 16.8. The van der Waals surface area contributed by atoms with E-state index in [2.05, 4.69) is 103 Å². The summed E-state index contributed by atoms with van der Waals surface area (Å²) in [7, 11) is 0. The van der Waals surface area contributed by atoms with Crippen LogP contribution in [0.1, 0.15) is 56.1 Å². The molecule has 0 amide bonds. The molecule has 10 rings (SSSR count). The predicted octanol–water partition coefficient (Wildman–Crippen LogP) is 7.85. The van der Waals surface area contributed by atoms with Crippen LogP contribution in [0, 0.1) is 0 Å². The third-order valence-electron chi connectivity index (χ3n) is 10.5. The largest absolute Gasteiger partial charge is 0.171 e. The minimum atomic E-state index is -0.773. The maximum absolute atomic E-state index is 5.26. The van der Waals surface area contributed by atoms with Crippen molar-refractivity contribution < 1.29 is 0 Å². The Morgan fingerprint density at radius 1 is 0.438 bits per heavy atom. The lowest BCUT2D eigenvalue weighted by Gasteiger charge is -2.36. The molecule has 2 aliphatic carbocycles. The molecule has 230 valence electrons. The van der Waals surface area contributed by atoms with E-state index in [9.17, 15) is 0 Å². The third-order valence-corrected chi connectivity index (χ3v) is 10.5. The molecule has 6 aromatic carbocycles. The number of hydrogen-bond donors (Lipinski definition) is 0. The summed E-state index contributed by atoms with van der Waals surface area (Å²) in [6, 6.07) is 49.8. The molecule has 48 heavy (non-hydrogen) atoms. The van der Waals surface area contributed by atoms with Crippen LogP contribution >= 0.6 is 0 Å². The van der Waals surface area contributed by atoms with Crippen LogP contribution in [0.5, 0.6) is 0 Å². The molecule has 0 radical (unpaired) electrons. The molecule has 0 bridgehead atoms. The van der Waals surface area contributed by atoms with Gasteiger partial charge in [-0.1, -0.05) is 115 Å². The zero-order valence-electron chi connectivity index (χ0n) is 26.4. The van der Waals surface area contributed by atoms with Gasteiger partial charge in [0, 0.05) is 0 Å². The highest BCUT2D eigenvalue weighted by Gasteiger charge is 2.45. The molecule has 0 aliphatic heterocycles. The molecule has 0 N–H and O–H groups in total. The van der Waals surface area contributed by atoms with Gasteiger partial charge in [0.25, 0.3) is 0 Å². The van der Waals surface area contributed by atoms with Crippen LogP contribution in [-0.2, 0) is 31.2 Å². The molecular formula is C42H32N6. The van der Waals surface area contributed by atoms with Crippen LogP contribution in [0.15, 0.2) is 140 Å². The summed E-state index contributed by atoms with van der Waals surface area (Å²) in [4.78, 5) is 3.94. The van der Waals surface area contributed by atoms with Crippen molar-refractivity contribution in [1.82, 2.24) is 30.0 Å². The molecule has 0 fully saturated rings. The summed E-state index contributed by atoms with van der Waals surface area (Å²) < 4.78 is 0. The zero-order valence-corrected chi connectivity index (χ0v) is 26.4. The first kappa shape index (κ1) is 27.3. The van der Waals surface area contributed by atoms with Crippen molar-refractivity contribution in [2.75, 3.05) is 0 Å². The van der Waals surface area contributed by atoms with E-state index >= 15 is 0 Å². The van der Waals surface area contributed by atoms with E-state index in [0.29, 0.717) is 0 Å². The van der Waals surface area contributed by atoms with Crippen LogP contribution in [0.3, 0.4) is 0 Å². The first-order chi connectivity index (χ1) is 23.8. The van der Waals surface area contributed by atoms with Gasteiger partial charge < -0.3 is 0 Å². The average Bonchev–Trinajstić information content (AvgIpc) is 3.69. The fourth-order valence-corrected chi connectivity index (χ4v) is 8.27. The van der Waals surface area contributed by atoms with Crippen LogP contribution in [0.4, 0.5) is 0 Å². The normalized spacial score (nSPS) is 16.4. The molecule has 0 saturated carbocycles. The maximum atomic E-state index is 5.26. The molecule has 2 aromatic heterocycles. The molecule has 6 heteroatoms. The summed E-state index contributed by atoms with van der Waals surface area (Å²) >= 11 is 0. The highest BCUT2D eigenvalue weighted by atomic mass is 15.5. The lowest BCUT2D eigenvalue weighted by molar-refractivity contribution is 0.407. The number of nitrogens with zero attached hydrogens (tertiary/aromatic N) is 6. The first-order valence-electron chi connectivity index (χ1n) is 16.8. The van der Waals surface area contributed by atoms with E-state index in [1.165, 1.54) is 44.5 Å². The summed E-state index contributed by atoms with van der Waals surface area (Å²) in [5.74, 6) is 0.